The summed E-state index contributed by atoms with van der Waals surface area (Å²) in [6.07, 6.45) is 1.42. The van der Waals surface area contributed by atoms with Crippen LogP contribution in [-0.2, 0) is 0 Å². The highest BCUT2D eigenvalue weighted by Gasteiger charge is 2.07. The fourth-order valence-electron chi connectivity index (χ4n) is 1.69. The molecule has 3 N–H and O–H groups in total. The summed E-state index contributed by atoms with van der Waals surface area (Å²) in [5, 5.41) is 8.50. The van der Waals surface area contributed by atoms with Gasteiger partial charge in [-0.25, -0.2) is 4.79 Å². The van der Waals surface area contributed by atoms with Gasteiger partial charge in [-0.1, -0.05) is 17.7 Å². The number of hydrogen-bond donors (Lipinski definition) is 3. The Morgan fingerprint density at radius 3 is 2.64 bits per heavy atom. The maximum atomic E-state index is 11.7. The molecule has 0 spiro atoms. The maximum absolute atomic E-state index is 11.7. The number of urea groups is 1. The molecule has 0 aliphatic carbocycles. The van der Waals surface area contributed by atoms with E-state index in [4.69, 9.17) is 16.0 Å². The van der Waals surface area contributed by atoms with Gasteiger partial charge in [0.05, 0.1) is 6.26 Å². The fraction of sp³-hybridized carbons (Fsp3) is 0.200. The van der Waals surface area contributed by atoms with Crippen molar-refractivity contribution in [2.24, 2.45) is 0 Å². The van der Waals surface area contributed by atoms with E-state index in [0.717, 1.165) is 5.56 Å². The molecule has 2 aromatic rings. The first-order valence-electron chi connectivity index (χ1n) is 6.69. The minimum Gasteiger partial charge on any atom is -0.459 e. The average Bonchev–Trinajstić information content (AvgIpc) is 3.01. The number of amides is 3. The lowest BCUT2D eigenvalue weighted by Crippen LogP contribution is -2.36. The first kappa shape index (κ1) is 15.9. The lowest BCUT2D eigenvalue weighted by atomic mass is 10.2. The second kappa shape index (κ2) is 7.51. The number of nitrogens with one attached hydrogen (secondary N) is 3. The van der Waals surface area contributed by atoms with Crippen LogP contribution in [0.15, 0.2) is 41.0 Å². The minimum atomic E-state index is -0.368. The Bertz CT molecular complexity index is 656. The van der Waals surface area contributed by atoms with Gasteiger partial charge in [-0.05, 0) is 36.8 Å². The predicted octanol–water partition coefficient (Wildman–Crippen LogP) is 2.79. The Labute approximate surface area is 132 Å². The molecule has 1 aromatic heterocycles. The Kier molecular flexibility index (Phi) is 5.43. The molecule has 1 heterocycles. The molecular formula is C15H16ClN3O3. The largest absolute Gasteiger partial charge is 0.459 e. The number of benzene rings is 1. The summed E-state index contributed by atoms with van der Waals surface area (Å²) < 4.78 is 4.95. The van der Waals surface area contributed by atoms with Crippen molar-refractivity contribution >= 4 is 29.2 Å². The summed E-state index contributed by atoms with van der Waals surface area (Å²) in [5.74, 6) is -0.0868. The van der Waals surface area contributed by atoms with Gasteiger partial charge in [0.15, 0.2) is 5.76 Å². The van der Waals surface area contributed by atoms with Crippen molar-refractivity contribution in [3.63, 3.8) is 0 Å². The van der Waals surface area contributed by atoms with Gasteiger partial charge >= 0.3 is 6.03 Å². The number of hydrogen-bond acceptors (Lipinski definition) is 3. The van der Waals surface area contributed by atoms with E-state index in [0.29, 0.717) is 17.3 Å². The second-order valence-corrected chi connectivity index (χ2v) is 4.99. The molecule has 0 aliphatic heterocycles. The third-order valence-electron chi connectivity index (χ3n) is 2.87. The molecule has 0 unspecified atom stereocenters. The monoisotopic (exact) mass is 321 g/mol. The van der Waals surface area contributed by atoms with Crippen LogP contribution in [0.25, 0.3) is 0 Å². The van der Waals surface area contributed by atoms with Crippen molar-refractivity contribution in [1.82, 2.24) is 10.6 Å². The van der Waals surface area contributed by atoms with Crippen LogP contribution in [0, 0.1) is 6.92 Å². The van der Waals surface area contributed by atoms with Crippen LogP contribution in [0.5, 0.6) is 0 Å². The lowest BCUT2D eigenvalue weighted by molar-refractivity contribution is 0.0926. The van der Waals surface area contributed by atoms with Gasteiger partial charge in [0.2, 0.25) is 0 Å². The average molecular weight is 322 g/mol. The molecular weight excluding hydrogens is 306 g/mol. The zero-order valence-electron chi connectivity index (χ0n) is 12.0. The first-order chi connectivity index (χ1) is 10.6. The maximum Gasteiger partial charge on any atom is 0.319 e. The van der Waals surface area contributed by atoms with Crippen LogP contribution in [0.4, 0.5) is 10.5 Å². The molecule has 0 fully saturated rings. The van der Waals surface area contributed by atoms with Gasteiger partial charge in [0.25, 0.3) is 5.91 Å². The van der Waals surface area contributed by atoms with Crippen molar-refractivity contribution in [1.29, 1.82) is 0 Å². The standard InChI is InChI=1S/C15H16ClN3O3/c1-10-4-5-11(9-12(10)16)19-15(21)18-7-6-17-14(20)13-3-2-8-22-13/h2-5,8-9H,6-7H2,1H3,(H,17,20)(H2,18,19,21). The summed E-state index contributed by atoms with van der Waals surface area (Å²) >= 11 is 5.98. The van der Waals surface area contributed by atoms with Gasteiger partial charge in [0.1, 0.15) is 0 Å². The molecule has 0 radical (unpaired) electrons. The van der Waals surface area contributed by atoms with Crippen molar-refractivity contribution in [3.8, 4) is 0 Å². The van der Waals surface area contributed by atoms with Gasteiger partial charge in [-0.3, -0.25) is 4.79 Å². The number of rotatable bonds is 5. The van der Waals surface area contributed by atoms with Crippen molar-refractivity contribution in [3.05, 3.63) is 52.9 Å². The molecule has 7 heteroatoms. The fourth-order valence-corrected chi connectivity index (χ4v) is 1.87. The summed E-state index contributed by atoms with van der Waals surface area (Å²) in [4.78, 5) is 23.2. The van der Waals surface area contributed by atoms with E-state index in [1.54, 1.807) is 24.3 Å². The molecule has 0 saturated carbocycles. The van der Waals surface area contributed by atoms with Gasteiger partial charge in [-0.2, -0.15) is 0 Å². The lowest BCUT2D eigenvalue weighted by Gasteiger charge is -2.09. The van der Waals surface area contributed by atoms with E-state index < -0.39 is 0 Å². The molecule has 116 valence electrons. The van der Waals surface area contributed by atoms with E-state index in [1.807, 2.05) is 13.0 Å². The van der Waals surface area contributed by atoms with Crippen LogP contribution in [0.2, 0.25) is 5.02 Å². The molecule has 0 aliphatic rings. The van der Waals surface area contributed by atoms with E-state index in [1.165, 1.54) is 6.26 Å². The Morgan fingerprint density at radius 1 is 1.18 bits per heavy atom. The molecule has 3 amide bonds. The SMILES string of the molecule is Cc1ccc(NC(=O)NCCNC(=O)c2ccco2)cc1Cl. The number of furan rings is 1. The molecule has 0 atom stereocenters. The zero-order valence-corrected chi connectivity index (χ0v) is 12.7. The summed E-state index contributed by atoms with van der Waals surface area (Å²) in [6.45, 7) is 2.47. The number of halogens is 1. The normalized spacial score (nSPS) is 10.1. The third kappa shape index (κ3) is 4.53. The number of anilines is 1. The Balaban J connectivity index is 1.69. The van der Waals surface area contributed by atoms with E-state index >= 15 is 0 Å². The Morgan fingerprint density at radius 2 is 1.95 bits per heavy atom. The van der Waals surface area contributed by atoms with Crippen LogP contribution in [-0.4, -0.2) is 25.0 Å². The van der Waals surface area contributed by atoms with E-state index in [2.05, 4.69) is 16.0 Å². The second-order valence-electron chi connectivity index (χ2n) is 4.58. The highest BCUT2D eigenvalue weighted by molar-refractivity contribution is 6.31. The number of aryl methyl sites for hydroxylation is 1. The van der Waals surface area contributed by atoms with Crippen molar-refractivity contribution < 1.29 is 14.0 Å². The van der Waals surface area contributed by atoms with Crippen molar-refractivity contribution in [2.45, 2.75) is 6.92 Å². The van der Waals surface area contributed by atoms with Crippen LogP contribution >= 0.6 is 11.6 Å². The van der Waals surface area contributed by atoms with Gasteiger partial charge in [-0.15, -0.1) is 0 Å². The molecule has 1 aromatic carbocycles. The van der Waals surface area contributed by atoms with Crippen molar-refractivity contribution in [2.75, 3.05) is 18.4 Å². The minimum absolute atomic E-state index is 0.235. The zero-order chi connectivity index (χ0) is 15.9. The molecule has 22 heavy (non-hydrogen) atoms. The number of carbonyl (C=O) groups is 2. The number of carbonyl (C=O) groups excluding carboxylic acids is 2. The quantitative estimate of drug-likeness (QED) is 0.740. The Hall–Kier alpha value is -2.47. The van der Waals surface area contributed by atoms with Crippen LogP contribution in [0.1, 0.15) is 16.1 Å². The molecule has 2 rings (SSSR count). The summed E-state index contributed by atoms with van der Waals surface area (Å²) in [7, 11) is 0. The smallest absolute Gasteiger partial charge is 0.319 e. The molecule has 6 nitrogen and oxygen atoms in total. The first-order valence-corrected chi connectivity index (χ1v) is 7.07. The highest BCUT2D eigenvalue weighted by Crippen LogP contribution is 2.19. The van der Waals surface area contributed by atoms with Crippen LogP contribution in [0.3, 0.4) is 0 Å². The summed E-state index contributed by atoms with van der Waals surface area (Å²) in [6, 6.07) is 8.09. The van der Waals surface area contributed by atoms with Crippen LogP contribution < -0.4 is 16.0 Å². The van der Waals surface area contributed by atoms with Gasteiger partial charge in [0, 0.05) is 23.8 Å². The predicted molar refractivity (Wildman–Crippen MR) is 84.3 cm³/mol. The van der Waals surface area contributed by atoms with E-state index in [-0.39, 0.29) is 24.2 Å². The highest BCUT2D eigenvalue weighted by atomic mass is 35.5. The van der Waals surface area contributed by atoms with E-state index in [9.17, 15) is 9.59 Å². The third-order valence-corrected chi connectivity index (χ3v) is 3.28. The molecule has 0 bridgehead atoms. The van der Waals surface area contributed by atoms with Gasteiger partial charge < -0.3 is 20.4 Å². The molecule has 0 saturated heterocycles. The summed E-state index contributed by atoms with van der Waals surface area (Å²) in [5.41, 5.74) is 1.54. The topological polar surface area (TPSA) is 83.4 Å².